The van der Waals surface area contributed by atoms with Gasteiger partial charge in [-0.1, -0.05) is 44.1 Å². The van der Waals surface area contributed by atoms with Crippen LogP contribution in [0.3, 0.4) is 0 Å². The van der Waals surface area contributed by atoms with Crippen LogP contribution in [0.2, 0.25) is 0 Å². The molecule has 2 N–H and O–H groups in total. The zero-order valence-corrected chi connectivity index (χ0v) is 19.5. The fourth-order valence-corrected chi connectivity index (χ4v) is 8.77. The molecule has 0 aliphatic heterocycles. The van der Waals surface area contributed by atoms with Crippen LogP contribution < -0.4 is 0 Å². The average molecular weight is 415 g/mol. The number of carboxylic acids is 1. The van der Waals surface area contributed by atoms with Crippen LogP contribution in [0.15, 0.2) is 23.3 Å². The van der Waals surface area contributed by atoms with Crippen molar-refractivity contribution in [2.75, 3.05) is 0 Å². The Bertz CT molecular complexity index is 751. The average Bonchev–Trinajstić information content (AvgIpc) is 3.04. The molecule has 4 aliphatic rings. The van der Waals surface area contributed by atoms with Gasteiger partial charge in [0.25, 0.3) is 0 Å². The second kappa shape index (κ2) is 7.80. The third-order valence-electron chi connectivity index (χ3n) is 10.3. The first-order valence-electron chi connectivity index (χ1n) is 12.4. The minimum Gasteiger partial charge on any atom is -0.481 e. The van der Waals surface area contributed by atoms with Crippen molar-refractivity contribution in [1.82, 2.24) is 0 Å². The van der Waals surface area contributed by atoms with Crippen LogP contribution in [0.5, 0.6) is 0 Å². The Morgan fingerprint density at radius 2 is 1.87 bits per heavy atom. The zero-order valence-electron chi connectivity index (χ0n) is 19.5. The van der Waals surface area contributed by atoms with Crippen molar-refractivity contribution < 1.29 is 15.0 Å². The lowest BCUT2D eigenvalue weighted by Gasteiger charge is -2.63. The first-order valence-corrected chi connectivity index (χ1v) is 12.4. The van der Waals surface area contributed by atoms with Crippen molar-refractivity contribution in [3.63, 3.8) is 0 Å². The number of carboxylic acid groups (broad SMARTS) is 1. The Balaban J connectivity index is 1.56. The molecule has 3 fully saturated rings. The van der Waals surface area contributed by atoms with Crippen molar-refractivity contribution in [3.05, 3.63) is 23.3 Å². The molecule has 0 heterocycles. The van der Waals surface area contributed by atoms with E-state index in [4.69, 9.17) is 5.11 Å². The minimum absolute atomic E-state index is 0.132. The van der Waals surface area contributed by atoms with Gasteiger partial charge >= 0.3 is 5.97 Å². The van der Waals surface area contributed by atoms with Gasteiger partial charge in [-0.2, -0.15) is 0 Å². The normalized spacial score (nSPS) is 45.9. The number of rotatable bonds is 5. The van der Waals surface area contributed by atoms with Crippen LogP contribution in [-0.4, -0.2) is 22.3 Å². The van der Waals surface area contributed by atoms with E-state index in [0.717, 1.165) is 43.9 Å². The second-order valence-electron chi connectivity index (χ2n) is 11.8. The van der Waals surface area contributed by atoms with Crippen molar-refractivity contribution in [2.45, 2.75) is 104 Å². The summed E-state index contributed by atoms with van der Waals surface area (Å²) in [7, 11) is 0. The number of aliphatic hydroxyl groups excluding tert-OH is 1. The summed E-state index contributed by atoms with van der Waals surface area (Å²) in [6, 6.07) is 0. The van der Waals surface area contributed by atoms with Gasteiger partial charge in [0, 0.05) is 6.42 Å². The molecule has 0 amide bonds. The van der Waals surface area contributed by atoms with E-state index in [0.29, 0.717) is 16.7 Å². The van der Waals surface area contributed by atoms with E-state index in [-0.39, 0.29) is 17.9 Å². The van der Waals surface area contributed by atoms with E-state index in [2.05, 4.69) is 39.8 Å². The van der Waals surface area contributed by atoms with Gasteiger partial charge in [0.1, 0.15) is 0 Å². The van der Waals surface area contributed by atoms with E-state index in [1.165, 1.54) is 37.7 Å². The smallest absolute Gasteiger partial charge is 0.303 e. The molecule has 3 saturated carbocycles. The Hall–Kier alpha value is -1.09. The lowest BCUT2D eigenvalue weighted by molar-refractivity contribution is -0.137. The Kier molecular flexibility index (Phi) is 5.75. The molecular formula is C27H42O3. The summed E-state index contributed by atoms with van der Waals surface area (Å²) in [5, 5.41) is 19.2. The standard InChI is InChI=1S/C27H42O3/c1-18(7-5-6-8-24(29)30)21-9-10-22-26(21,3)16-13-23-25(2)15-12-20(28)17-19(25)11-14-27(22,23)4/h7,11,20-23,28H,5-6,8-10,12-17H2,1-4H3,(H,29,30)/b18-7+/t20-,21+,22+,23+,25-,26+,27-/m0/s1. The number of unbranched alkanes of at least 4 members (excludes halogenated alkanes) is 1. The van der Waals surface area contributed by atoms with Gasteiger partial charge in [-0.15, -0.1) is 0 Å². The topological polar surface area (TPSA) is 57.5 Å². The number of carbonyl (C=O) groups is 1. The third-order valence-corrected chi connectivity index (χ3v) is 10.3. The van der Waals surface area contributed by atoms with E-state index in [1.807, 2.05) is 0 Å². The molecule has 4 aliphatic carbocycles. The summed E-state index contributed by atoms with van der Waals surface area (Å²) in [5.74, 6) is 1.47. The zero-order chi connectivity index (χ0) is 21.7. The van der Waals surface area contributed by atoms with Gasteiger partial charge in [-0.25, -0.2) is 0 Å². The summed E-state index contributed by atoms with van der Waals surface area (Å²) in [6.45, 7) is 9.97. The highest BCUT2D eigenvalue weighted by Gasteiger charge is 2.63. The molecule has 0 saturated heterocycles. The molecule has 0 spiro atoms. The van der Waals surface area contributed by atoms with Crippen LogP contribution in [0.25, 0.3) is 0 Å². The molecule has 0 bridgehead atoms. The first kappa shape index (κ1) is 22.1. The Morgan fingerprint density at radius 1 is 1.10 bits per heavy atom. The molecule has 0 aromatic carbocycles. The molecule has 168 valence electrons. The lowest BCUT2D eigenvalue weighted by atomic mass is 9.41. The van der Waals surface area contributed by atoms with Crippen molar-refractivity contribution in [2.24, 2.45) is 34.0 Å². The van der Waals surface area contributed by atoms with Gasteiger partial charge in [0.2, 0.25) is 0 Å². The molecule has 0 radical (unpaired) electrons. The van der Waals surface area contributed by atoms with Gasteiger partial charge in [-0.05, 0) is 105 Å². The fourth-order valence-electron chi connectivity index (χ4n) is 8.77. The molecule has 7 atom stereocenters. The van der Waals surface area contributed by atoms with Crippen LogP contribution in [0.1, 0.15) is 98.3 Å². The maximum absolute atomic E-state index is 10.8. The summed E-state index contributed by atoms with van der Waals surface area (Å²) >= 11 is 0. The van der Waals surface area contributed by atoms with Gasteiger partial charge in [-0.3, -0.25) is 4.79 Å². The summed E-state index contributed by atoms with van der Waals surface area (Å²) in [5.41, 5.74) is 4.08. The van der Waals surface area contributed by atoms with Gasteiger partial charge in [0.05, 0.1) is 6.10 Å². The van der Waals surface area contributed by atoms with Crippen LogP contribution in [-0.2, 0) is 4.79 Å². The van der Waals surface area contributed by atoms with Crippen LogP contribution in [0, 0.1) is 34.0 Å². The SMILES string of the molecule is C/C(=C\CCCC(=O)O)[C@H]1CC[C@@H]2[C@]1(C)CC[C@H]1[C@@]2(C)CC=C2C[C@@H](O)CC[C@@]21C. The van der Waals surface area contributed by atoms with Crippen LogP contribution >= 0.6 is 0 Å². The van der Waals surface area contributed by atoms with Crippen molar-refractivity contribution in [3.8, 4) is 0 Å². The summed E-state index contributed by atoms with van der Waals surface area (Å²) in [6.07, 6.45) is 16.1. The molecule has 3 nitrogen and oxygen atoms in total. The minimum atomic E-state index is -0.686. The summed E-state index contributed by atoms with van der Waals surface area (Å²) in [4.78, 5) is 10.8. The van der Waals surface area contributed by atoms with Crippen LogP contribution in [0.4, 0.5) is 0 Å². The van der Waals surface area contributed by atoms with E-state index in [9.17, 15) is 9.90 Å². The second-order valence-corrected chi connectivity index (χ2v) is 11.8. The number of hydrogen-bond acceptors (Lipinski definition) is 2. The quantitative estimate of drug-likeness (QED) is 0.398. The molecule has 3 heteroatoms. The van der Waals surface area contributed by atoms with Crippen molar-refractivity contribution >= 4 is 5.97 Å². The maximum atomic E-state index is 10.8. The highest BCUT2D eigenvalue weighted by molar-refractivity contribution is 5.66. The van der Waals surface area contributed by atoms with E-state index in [1.54, 1.807) is 5.57 Å². The number of aliphatic hydroxyl groups is 1. The number of fused-ring (bicyclic) bond motifs is 5. The van der Waals surface area contributed by atoms with Crippen molar-refractivity contribution in [1.29, 1.82) is 0 Å². The first-order chi connectivity index (χ1) is 14.1. The predicted molar refractivity (Wildman–Crippen MR) is 121 cm³/mol. The highest BCUT2D eigenvalue weighted by atomic mass is 16.4. The molecule has 4 rings (SSSR count). The predicted octanol–water partition coefficient (Wildman–Crippen LogP) is 6.52. The number of hydrogen-bond donors (Lipinski definition) is 2. The Morgan fingerprint density at radius 3 is 2.60 bits per heavy atom. The Labute approximate surface area is 183 Å². The molecule has 0 aromatic rings. The fraction of sp³-hybridized carbons (Fsp3) is 0.815. The van der Waals surface area contributed by atoms with Gasteiger partial charge in [0.15, 0.2) is 0 Å². The molecule has 0 aromatic heterocycles. The monoisotopic (exact) mass is 414 g/mol. The molecular weight excluding hydrogens is 372 g/mol. The third kappa shape index (κ3) is 3.40. The van der Waals surface area contributed by atoms with E-state index >= 15 is 0 Å². The van der Waals surface area contributed by atoms with Gasteiger partial charge < -0.3 is 10.2 Å². The number of allylic oxidation sites excluding steroid dienone is 3. The maximum Gasteiger partial charge on any atom is 0.303 e. The molecule has 30 heavy (non-hydrogen) atoms. The van der Waals surface area contributed by atoms with E-state index < -0.39 is 5.97 Å². The largest absolute Gasteiger partial charge is 0.481 e. The molecule has 0 unspecified atom stereocenters. The summed E-state index contributed by atoms with van der Waals surface area (Å²) < 4.78 is 0. The number of aliphatic carboxylic acids is 1. The lowest BCUT2D eigenvalue weighted by Crippen LogP contribution is -2.56. The highest BCUT2D eigenvalue weighted by Crippen LogP contribution is 2.71.